The zero-order valence-electron chi connectivity index (χ0n) is 11.8. The van der Waals surface area contributed by atoms with Gasteiger partial charge in [0.05, 0.1) is 11.4 Å². The number of carbonyl (C=O) groups excluding carboxylic acids is 1. The lowest BCUT2D eigenvalue weighted by atomic mass is 10.2. The van der Waals surface area contributed by atoms with Crippen molar-refractivity contribution in [2.24, 2.45) is 0 Å². The van der Waals surface area contributed by atoms with Crippen molar-refractivity contribution in [2.45, 2.75) is 30.7 Å². The number of carboxylic acid groups (broad SMARTS) is 1. The van der Waals surface area contributed by atoms with Gasteiger partial charge >= 0.3 is 5.97 Å². The van der Waals surface area contributed by atoms with Crippen LogP contribution in [-0.4, -0.2) is 39.2 Å². The van der Waals surface area contributed by atoms with E-state index in [1.807, 2.05) is 0 Å². The zero-order chi connectivity index (χ0) is 15.4. The molecule has 0 saturated heterocycles. The van der Waals surface area contributed by atoms with Gasteiger partial charge in [-0.05, 0) is 19.8 Å². The molecular weight excluding hydrogens is 290 g/mol. The predicted octanol–water partition coefficient (Wildman–Crippen LogP) is 1.75. The third kappa shape index (κ3) is 4.04. The van der Waals surface area contributed by atoms with E-state index in [4.69, 9.17) is 0 Å². The molecule has 0 unspecified atom stereocenters. The van der Waals surface area contributed by atoms with E-state index in [1.54, 1.807) is 13.0 Å². The number of aromatic nitrogens is 2. The van der Waals surface area contributed by atoms with Gasteiger partial charge in [0.1, 0.15) is 16.4 Å². The van der Waals surface area contributed by atoms with Gasteiger partial charge in [-0.25, -0.2) is 14.8 Å². The molecule has 6 nitrogen and oxygen atoms in total. The molecule has 1 heterocycles. The number of thioether (sulfide) groups is 1. The Bertz CT molecular complexity index is 585. The van der Waals surface area contributed by atoms with E-state index in [9.17, 15) is 14.7 Å². The van der Waals surface area contributed by atoms with Crippen molar-refractivity contribution in [1.82, 2.24) is 15.3 Å². The summed E-state index contributed by atoms with van der Waals surface area (Å²) in [5.41, 5.74) is 0.536. The van der Waals surface area contributed by atoms with Crippen LogP contribution in [0.1, 0.15) is 40.6 Å². The SMILES string of the molecule is C=CCNC(=O)CSc1nc(C2CC2)nc(C)c1C(=O)O. The lowest BCUT2D eigenvalue weighted by Crippen LogP contribution is -2.25. The van der Waals surface area contributed by atoms with Gasteiger partial charge in [0.15, 0.2) is 0 Å². The maximum atomic E-state index is 11.6. The van der Waals surface area contributed by atoms with Gasteiger partial charge in [0, 0.05) is 12.5 Å². The van der Waals surface area contributed by atoms with E-state index >= 15 is 0 Å². The number of carbonyl (C=O) groups is 2. The van der Waals surface area contributed by atoms with Crippen molar-refractivity contribution < 1.29 is 14.7 Å². The van der Waals surface area contributed by atoms with Crippen LogP contribution in [0.2, 0.25) is 0 Å². The second-order valence-corrected chi connectivity index (χ2v) is 5.77. The minimum absolute atomic E-state index is 0.0842. The lowest BCUT2D eigenvalue weighted by Gasteiger charge is -2.09. The monoisotopic (exact) mass is 307 g/mol. The van der Waals surface area contributed by atoms with E-state index in [2.05, 4.69) is 21.9 Å². The summed E-state index contributed by atoms with van der Waals surface area (Å²) in [4.78, 5) is 31.6. The van der Waals surface area contributed by atoms with Crippen molar-refractivity contribution in [3.63, 3.8) is 0 Å². The first kappa shape index (κ1) is 15.5. The number of aryl methyl sites for hydroxylation is 1. The number of hydrogen-bond donors (Lipinski definition) is 2. The standard InChI is InChI=1S/C14H17N3O3S/c1-3-6-15-10(18)7-21-13-11(14(19)20)8(2)16-12(17-13)9-4-5-9/h3,9H,1,4-7H2,2H3,(H,15,18)(H,19,20). The second kappa shape index (κ2) is 6.71. The first-order valence-corrected chi connectivity index (χ1v) is 7.63. The van der Waals surface area contributed by atoms with Gasteiger partial charge in [-0.2, -0.15) is 0 Å². The van der Waals surface area contributed by atoms with Crippen molar-refractivity contribution in [2.75, 3.05) is 12.3 Å². The molecule has 0 aromatic carbocycles. The number of nitrogens with one attached hydrogen (secondary N) is 1. The molecule has 112 valence electrons. The van der Waals surface area contributed by atoms with Gasteiger partial charge in [-0.1, -0.05) is 17.8 Å². The minimum Gasteiger partial charge on any atom is -0.478 e. The van der Waals surface area contributed by atoms with Crippen LogP contribution in [-0.2, 0) is 4.79 Å². The third-order valence-corrected chi connectivity index (χ3v) is 3.99. The van der Waals surface area contributed by atoms with Gasteiger partial charge in [0.2, 0.25) is 5.91 Å². The van der Waals surface area contributed by atoms with E-state index in [0.717, 1.165) is 24.6 Å². The minimum atomic E-state index is -1.07. The number of aromatic carboxylic acids is 1. The third-order valence-electron chi connectivity index (χ3n) is 3.01. The average Bonchev–Trinajstić information content (AvgIpc) is 3.26. The quantitative estimate of drug-likeness (QED) is 0.453. The van der Waals surface area contributed by atoms with Crippen LogP contribution < -0.4 is 5.32 Å². The van der Waals surface area contributed by atoms with Crippen LogP contribution in [0.4, 0.5) is 0 Å². The molecule has 1 aliphatic carbocycles. The molecule has 2 N–H and O–H groups in total. The molecule has 21 heavy (non-hydrogen) atoms. The van der Waals surface area contributed by atoms with Crippen LogP contribution in [0, 0.1) is 6.92 Å². The number of carboxylic acids is 1. The Morgan fingerprint density at radius 2 is 2.19 bits per heavy atom. The highest BCUT2D eigenvalue weighted by Crippen LogP contribution is 2.39. The summed E-state index contributed by atoms with van der Waals surface area (Å²) in [5.74, 6) is -0.106. The van der Waals surface area contributed by atoms with Crippen LogP contribution in [0.15, 0.2) is 17.7 Å². The number of amides is 1. The number of hydrogen-bond acceptors (Lipinski definition) is 5. The molecule has 0 radical (unpaired) electrons. The van der Waals surface area contributed by atoms with Gasteiger partial charge < -0.3 is 10.4 Å². The summed E-state index contributed by atoms with van der Waals surface area (Å²) >= 11 is 1.13. The smallest absolute Gasteiger partial charge is 0.340 e. The fourth-order valence-corrected chi connectivity index (χ4v) is 2.72. The van der Waals surface area contributed by atoms with Crippen LogP contribution >= 0.6 is 11.8 Å². The molecule has 1 aliphatic rings. The number of nitrogens with zero attached hydrogens (tertiary/aromatic N) is 2. The Kier molecular flexibility index (Phi) is 4.95. The Morgan fingerprint density at radius 1 is 1.48 bits per heavy atom. The summed E-state index contributed by atoms with van der Waals surface area (Å²) in [6.45, 7) is 5.57. The molecule has 1 fully saturated rings. The normalized spacial score (nSPS) is 13.8. The molecule has 1 saturated carbocycles. The molecule has 0 spiro atoms. The fraction of sp³-hybridized carbons (Fsp3) is 0.429. The molecule has 7 heteroatoms. The molecular formula is C14H17N3O3S. The maximum Gasteiger partial charge on any atom is 0.340 e. The fourth-order valence-electron chi connectivity index (χ4n) is 1.81. The Morgan fingerprint density at radius 3 is 2.76 bits per heavy atom. The van der Waals surface area contributed by atoms with Crippen molar-refractivity contribution in [3.05, 3.63) is 29.7 Å². The van der Waals surface area contributed by atoms with Crippen molar-refractivity contribution >= 4 is 23.6 Å². The van der Waals surface area contributed by atoms with E-state index in [0.29, 0.717) is 29.0 Å². The molecule has 1 amide bonds. The summed E-state index contributed by atoms with van der Waals surface area (Å²) < 4.78 is 0. The lowest BCUT2D eigenvalue weighted by molar-refractivity contribution is -0.118. The van der Waals surface area contributed by atoms with Crippen LogP contribution in [0.25, 0.3) is 0 Å². The van der Waals surface area contributed by atoms with E-state index < -0.39 is 5.97 Å². The maximum absolute atomic E-state index is 11.6. The topological polar surface area (TPSA) is 92.2 Å². The summed E-state index contributed by atoms with van der Waals surface area (Å²) in [6, 6.07) is 0. The highest BCUT2D eigenvalue weighted by atomic mass is 32.2. The Hall–Kier alpha value is -1.89. The highest BCUT2D eigenvalue weighted by molar-refractivity contribution is 8.00. The molecule has 0 bridgehead atoms. The Labute approximate surface area is 127 Å². The van der Waals surface area contributed by atoms with Crippen molar-refractivity contribution in [3.8, 4) is 0 Å². The molecule has 1 aromatic rings. The van der Waals surface area contributed by atoms with Gasteiger partial charge in [-0.15, -0.1) is 6.58 Å². The average molecular weight is 307 g/mol. The van der Waals surface area contributed by atoms with E-state index in [1.165, 1.54) is 0 Å². The van der Waals surface area contributed by atoms with Crippen molar-refractivity contribution in [1.29, 1.82) is 0 Å². The molecule has 1 aromatic heterocycles. The zero-order valence-corrected chi connectivity index (χ0v) is 12.6. The van der Waals surface area contributed by atoms with E-state index in [-0.39, 0.29) is 17.2 Å². The number of rotatable bonds is 7. The molecule has 2 rings (SSSR count). The molecule has 0 aliphatic heterocycles. The first-order chi connectivity index (χ1) is 10.0. The highest BCUT2D eigenvalue weighted by Gasteiger charge is 2.29. The summed E-state index contributed by atoms with van der Waals surface area (Å²) in [7, 11) is 0. The largest absolute Gasteiger partial charge is 0.478 e. The first-order valence-electron chi connectivity index (χ1n) is 6.65. The second-order valence-electron chi connectivity index (χ2n) is 4.81. The molecule has 0 atom stereocenters. The van der Waals surface area contributed by atoms with Crippen LogP contribution in [0.5, 0.6) is 0 Å². The Balaban J connectivity index is 2.17. The summed E-state index contributed by atoms with van der Waals surface area (Å²) in [6.07, 6.45) is 3.66. The van der Waals surface area contributed by atoms with Gasteiger partial charge in [-0.3, -0.25) is 4.79 Å². The predicted molar refractivity (Wildman–Crippen MR) is 79.6 cm³/mol. The summed E-state index contributed by atoms with van der Waals surface area (Å²) in [5, 5.41) is 12.3. The van der Waals surface area contributed by atoms with Crippen LogP contribution in [0.3, 0.4) is 0 Å². The van der Waals surface area contributed by atoms with Gasteiger partial charge in [0.25, 0.3) is 0 Å².